The summed E-state index contributed by atoms with van der Waals surface area (Å²) in [7, 11) is 2.84. The smallest absolute Gasteiger partial charge is 0.323 e. The Bertz CT molecular complexity index is 1150. The van der Waals surface area contributed by atoms with Crippen LogP contribution in [-0.2, 0) is 17.9 Å². The fourth-order valence-corrected chi connectivity index (χ4v) is 3.57. The fourth-order valence-electron chi connectivity index (χ4n) is 3.44. The number of benzene rings is 2. The minimum absolute atomic E-state index is 0.00601. The number of nitrogens with zero attached hydrogens (tertiary/aromatic N) is 2. The van der Waals surface area contributed by atoms with Gasteiger partial charge in [-0.15, -0.1) is 0 Å². The monoisotopic (exact) mass is 499 g/mol. The number of aliphatic carboxylic acids is 1. The normalized spacial score (nSPS) is 11.9. The summed E-state index contributed by atoms with van der Waals surface area (Å²) in [5.41, 5.74) is 5.64. The lowest BCUT2D eigenvalue weighted by molar-refractivity contribution is -0.140. The van der Waals surface area contributed by atoms with Crippen LogP contribution in [0.15, 0.2) is 54.1 Å². The van der Waals surface area contributed by atoms with Gasteiger partial charge < -0.3 is 24.4 Å². The van der Waals surface area contributed by atoms with Crippen LogP contribution in [-0.4, -0.2) is 53.0 Å². The largest absolute Gasteiger partial charge is 0.481 e. The first-order chi connectivity index (χ1) is 17.0. The van der Waals surface area contributed by atoms with E-state index in [0.29, 0.717) is 5.56 Å². The van der Waals surface area contributed by atoms with Gasteiger partial charge in [-0.2, -0.15) is 9.97 Å². The molecule has 0 aliphatic heterocycles. The SMILES string of the molecule is COc1nc(OCc2cccc(-c3ccccc3)c2C=CCl)nc(OC)c1CN[C@@H](CO)C(=O)O. The molecular formula is C25H26ClN3O6. The summed E-state index contributed by atoms with van der Waals surface area (Å²) in [4.78, 5) is 19.8. The van der Waals surface area contributed by atoms with Crippen LogP contribution in [0.2, 0.25) is 0 Å². The molecule has 10 heteroatoms. The number of rotatable bonds is 12. The first kappa shape index (κ1) is 26.0. The quantitative estimate of drug-likeness (QED) is 0.343. The molecule has 3 N–H and O–H groups in total. The predicted octanol–water partition coefficient (Wildman–Crippen LogP) is 3.48. The average Bonchev–Trinajstić information content (AvgIpc) is 2.88. The topological polar surface area (TPSA) is 123 Å². The van der Waals surface area contributed by atoms with Crippen LogP contribution < -0.4 is 19.5 Å². The lowest BCUT2D eigenvalue weighted by Gasteiger charge is -2.17. The summed E-state index contributed by atoms with van der Waals surface area (Å²) in [6, 6.07) is 14.6. The summed E-state index contributed by atoms with van der Waals surface area (Å²) in [6.45, 7) is -0.441. The van der Waals surface area contributed by atoms with E-state index < -0.39 is 18.6 Å². The van der Waals surface area contributed by atoms with Crippen molar-refractivity contribution >= 4 is 23.6 Å². The Hall–Kier alpha value is -3.66. The Kier molecular flexibility index (Phi) is 9.42. The minimum Gasteiger partial charge on any atom is -0.481 e. The molecule has 3 rings (SSSR count). The van der Waals surface area contributed by atoms with E-state index >= 15 is 0 Å². The van der Waals surface area contributed by atoms with Gasteiger partial charge in [0.1, 0.15) is 12.6 Å². The second kappa shape index (κ2) is 12.7. The predicted molar refractivity (Wildman–Crippen MR) is 132 cm³/mol. The minimum atomic E-state index is -1.19. The highest BCUT2D eigenvalue weighted by atomic mass is 35.5. The molecule has 0 aliphatic carbocycles. The average molecular weight is 500 g/mol. The molecule has 0 bridgehead atoms. The van der Waals surface area contributed by atoms with Gasteiger partial charge in [-0.1, -0.05) is 60.1 Å². The Labute approximate surface area is 208 Å². The Balaban J connectivity index is 1.87. The molecule has 1 aromatic heterocycles. The molecule has 0 spiro atoms. The van der Waals surface area contributed by atoms with E-state index in [1.165, 1.54) is 19.8 Å². The van der Waals surface area contributed by atoms with Crippen molar-refractivity contribution in [2.45, 2.75) is 19.2 Å². The van der Waals surface area contributed by atoms with E-state index in [0.717, 1.165) is 22.3 Å². The van der Waals surface area contributed by atoms with E-state index in [9.17, 15) is 9.90 Å². The molecular weight excluding hydrogens is 474 g/mol. The molecule has 0 radical (unpaired) electrons. The molecule has 0 fully saturated rings. The number of hydrogen-bond acceptors (Lipinski definition) is 8. The third kappa shape index (κ3) is 6.48. The van der Waals surface area contributed by atoms with E-state index in [2.05, 4.69) is 15.3 Å². The molecule has 3 aromatic rings. The third-order valence-corrected chi connectivity index (χ3v) is 5.30. The van der Waals surface area contributed by atoms with Gasteiger partial charge in [-0.25, -0.2) is 0 Å². The van der Waals surface area contributed by atoms with Crippen LogP contribution in [0.1, 0.15) is 16.7 Å². The second-order valence-corrected chi connectivity index (χ2v) is 7.54. The molecule has 0 saturated heterocycles. The number of carboxylic acid groups (broad SMARTS) is 1. The standard InChI is InChI=1S/C25H26ClN3O6/c1-33-22-20(13-27-21(14-30)24(31)32)23(34-2)29-25(28-22)35-15-17-9-6-10-18(19(17)11-12-26)16-7-4-3-5-8-16/h3-12,21,27,30H,13-15H2,1-2H3,(H,31,32)/t21-/m0/s1. The molecule has 9 nitrogen and oxygen atoms in total. The number of carboxylic acids is 1. The third-order valence-electron chi connectivity index (χ3n) is 5.17. The highest BCUT2D eigenvalue weighted by Gasteiger charge is 2.21. The Morgan fingerprint density at radius 1 is 1.09 bits per heavy atom. The molecule has 184 valence electrons. The van der Waals surface area contributed by atoms with Crippen LogP contribution >= 0.6 is 11.6 Å². The molecule has 1 atom stereocenters. The number of hydrogen-bond donors (Lipinski definition) is 3. The lowest BCUT2D eigenvalue weighted by atomic mass is 9.96. The molecule has 0 amide bonds. The summed E-state index contributed by atoms with van der Waals surface area (Å²) >= 11 is 5.93. The summed E-state index contributed by atoms with van der Waals surface area (Å²) in [6.07, 6.45) is 1.80. The van der Waals surface area contributed by atoms with Crippen molar-refractivity contribution in [3.05, 3.63) is 70.8 Å². The van der Waals surface area contributed by atoms with E-state index in [1.54, 1.807) is 6.08 Å². The molecule has 35 heavy (non-hydrogen) atoms. The summed E-state index contributed by atoms with van der Waals surface area (Å²) < 4.78 is 16.6. The van der Waals surface area contributed by atoms with Gasteiger partial charge >= 0.3 is 12.0 Å². The van der Waals surface area contributed by atoms with Gasteiger partial charge in [0.05, 0.1) is 26.4 Å². The molecule has 2 aromatic carbocycles. The first-order valence-electron chi connectivity index (χ1n) is 10.6. The van der Waals surface area contributed by atoms with Crippen LogP contribution in [0.4, 0.5) is 0 Å². The van der Waals surface area contributed by atoms with Gasteiger partial charge in [0.25, 0.3) is 0 Å². The van der Waals surface area contributed by atoms with E-state index in [4.69, 9.17) is 30.9 Å². The zero-order valence-corrected chi connectivity index (χ0v) is 20.0. The van der Waals surface area contributed by atoms with E-state index in [-0.39, 0.29) is 30.9 Å². The summed E-state index contributed by atoms with van der Waals surface area (Å²) in [5, 5.41) is 21.1. The van der Waals surface area contributed by atoms with Crippen molar-refractivity contribution in [1.82, 2.24) is 15.3 Å². The Morgan fingerprint density at radius 2 is 1.77 bits per heavy atom. The van der Waals surface area contributed by atoms with Gasteiger partial charge in [0, 0.05) is 12.1 Å². The maximum atomic E-state index is 11.2. The van der Waals surface area contributed by atoms with E-state index in [1.807, 2.05) is 48.5 Å². The van der Waals surface area contributed by atoms with Gasteiger partial charge in [0.15, 0.2) is 0 Å². The molecule has 0 saturated carbocycles. The highest BCUT2D eigenvalue weighted by Crippen LogP contribution is 2.30. The molecule has 0 aliphatic rings. The van der Waals surface area contributed by atoms with Crippen molar-refractivity contribution in [3.63, 3.8) is 0 Å². The Morgan fingerprint density at radius 3 is 2.34 bits per heavy atom. The number of aliphatic hydroxyl groups excluding tert-OH is 1. The van der Waals surface area contributed by atoms with Crippen molar-refractivity contribution in [2.24, 2.45) is 0 Å². The molecule has 0 unspecified atom stereocenters. The number of halogens is 1. The fraction of sp³-hybridized carbons (Fsp3) is 0.240. The number of nitrogens with one attached hydrogen (secondary N) is 1. The van der Waals surface area contributed by atoms with Gasteiger partial charge in [0.2, 0.25) is 11.8 Å². The number of methoxy groups -OCH3 is 2. The zero-order valence-electron chi connectivity index (χ0n) is 19.3. The van der Waals surface area contributed by atoms with Crippen LogP contribution in [0.25, 0.3) is 17.2 Å². The van der Waals surface area contributed by atoms with Crippen molar-refractivity contribution in [3.8, 4) is 28.9 Å². The van der Waals surface area contributed by atoms with Crippen molar-refractivity contribution < 1.29 is 29.2 Å². The van der Waals surface area contributed by atoms with Crippen LogP contribution in [0.3, 0.4) is 0 Å². The van der Waals surface area contributed by atoms with Crippen LogP contribution in [0.5, 0.6) is 17.8 Å². The van der Waals surface area contributed by atoms with Gasteiger partial charge in [-0.3, -0.25) is 10.1 Å². The van der Waals surface area contributed by atoms with Crippen LogP contribution in [0, 0.1) is 0 Å². The second-order valence-electron chi connectivity index (χ2n) is 7.28. The summed E-state index contributed by atoms with van der Waals surface area (Å²) in [5.74, 6) is -0.883. The molecule has 1 heterocycles. The highest BCUT2D eigenvalue weighted by molar-refractivity contribution is 6.27. The lowest BCUT2D eigenvalue weighted by Crippen LogP contribution is -2.39. The number of ether oxygens (including phenoxy) is 3. The zero-order chi connectivity index (χ0) is 25.2. The van der Waals surface area contributed by atoms with Crippen molar-refractivity contribution in [1.29, 1.82) is 0 Å². The van der Waals surface area contributed by atoms with Gasteiger partial charge in [-0.05, 0) is 28.3 Å². The maximum Gasteiger partial charge on any atom is 0.323 e. The first-order valence-corrected chi connectivity index (χ1v) is 11.1. The number of aliphatic hydroxyl groups is 1. The van der Waals surface area contributed by atoms with Crippen molar-refractivity contribution in [2.75, 3.05) is 20.8 Å². The number of carbonyl (C=O) groups is 1. The number of aromatic nitrogens is 2. The maximum absolute atomic E-state index is 11.2.